The van der Waals surface area contributed by atoms with Crippen molar-refractivity contribution in [2.45, 2.75) is 19.6 Å². The van der Waals surface area contributed by atoms with Crippen LogP contribution >= 0.6 is 0 Å². The Bertz CT molecular complexity index is 59.1. The number of aliphatic hydroxyl groups is 1. The molecule has 0 aromatic rings. The van der Waals surface area contributed by atoms with Gasteiger partial charge >= 0.3 is 0 Å². The van der Waals surface area contributed by atoms with Crippen molar-refractivity contribution >= 4 is 0 Å². The number of nitrogens with two attached hydrogens (primary N) is 1. The summed E-state index contributed by atoms with van der Waals surface area (Å²) in [6.07, 6.45) is 3.55. The molecule has 0 bridgehead atoms. The molecule has 0 amide bonds. The van der Waals surface area contributed by atoms with E-state index >= 15 is 0 Å². The lowest BCUT2D eigenvalue weighted by Crippen LogP contribution is -2.16. The molecule has 0 fully saturated rings. The van der Waals surface area contributed by atoms with E-state index in [0.717, 1.165) is 0 Å². The smallest absolute Gasteiger partial charge is 0.105 e. The van der Waals surface area contributed by atoms with E-state index in [4.69, 9.17) is 10.8 Å². The monoisotopic (exact) mass is 101 g/mol. The predicted molar refractivity (Wildman–Crippen MR) is 29.6 cm³/mol. The first-order chi connectivity index (χ1) is 3.27. The zero-order valence-electron chi connectivity index (χ0n) is 4.46. The molecule has 0 aromatic heterocycles. The van der Waals surface area contributed by atoms with Crippen LogP contribution in [0.2, 0.25) is 0 Å². The largest absolute Gasteiger partial charge is 0.379 e. The topological polar surface area (TPSA) is 46.2 Å². The van der Waals surface area contributed by atoms with Crippen LogP contribution in [0.3, 0.4) is 0 Å². The summed E-state index contributed by atoms with van der Waals surface area (Å²) in [7, 11) is 0. The van der Waals surface area contributed by atoms with E-state index in [-0.39, 0.29) is 0 Å². The quantitative estimate of drug-likeness (QED) is 0.386. The Labute approximate surface area is 43.6 Å². The number of hydrogen-bond acceptors (Lipinski definition) is 2. The lowest BCUT2D eigenvalue weighted by Gasteiger charge is -1.94. The zero-order chi connectivity index (χ0) is 5.70. The average Bonchev–Trinajstić information content (AvgIpc) is 1.61. The highest BCUT2D eigenvalue weighted by Gasteiger charge is 1.85. The van der Waals surface area contributed by atoms with Crippen molar-refractivity contribution in [1.29, 1.82) is 0 Å². The van der Waals surface area contributed by atoms with Gasteiger partial charge in [-0.25, -0.2) is 0 Å². The maximum absolute atomic E-state index is 8.41. The standard InChI is InChI=1S/C5H11NO/c1-2-3-4-5(6)7/h2-3,5,7H,4,6H2,1H3/b3-2+. The van der Waals surface area contributed by atoms with Gasteiger partial charge < -0.3 is 10.8 Å². The highest BCUT2D eigenvalue weighted by atomic mass is 16.3. The summed E-state index contributed by atoms with van der Waals surface area (Å²) in [6, 6.07) is 0. The minimum atomic E-state index is -0.684. The van der Waals surface area contributed by atoms with E-state index in [2.05, 4.69) is 0 Å². The van der Waals surface area contributed by atoms with Crippen LogP contribution in [0.4, 0.5) is 0 Å². The molecule has 1 atom stereocenters. The first kappa shape index (κ1) is 6.66. The first-order valence-corrected chi connectivity index (χ1v) is 2.32. The highest BCUT2D eigenvalue weighted by Crippen LogP contribution is 1.82. The molecule has 1 unspecified atom stereocenters. The molecule has 0 saturated heterocycles. The van der Waals surface area contributed by atoms with Crippen molar-refractivity contribution < 1.29 is 5.11 Å². The number of allylic oxidation sites excluding steroid dienone is 1. The first-order valence-electron chi connectivity index (χ1n) is 2.32. The Morgan fingerprint density at radius 1 is 1.86 bits per heavy atom. The summed E-state index contributed by atoms with van der Waals surface area (Å²) >= 11 is 0. The molecule has 2 nitrogen and oxygen atoms in total. The normalized spacial score (nSPS) is 15.3. The van der Waals surface area contributed by atoms with E-state index in [0.29, 0.717) is 6.42 Å². The van der Waals surface area contributed by atoms with E-state index in [9.17, 15) is 0 Å². The molecule has 0 aliphatic rings. The van der Waals surface area contributed by atoms with E-state index in [1.165, 1.54) is 0 Å². The van der Waals surface area contributed by atoms with Gasteiger partial charge in [-0.2, -0.15) is 0 Å². The molecule has 0 aliphatic heterocycles. The van der Waals surface area contributed by atoms with Gasteiger partial charge in [-0.15, -0.1) is 0 Å². The number of aliphatic hydroxyl groups excluding tert-OH is 1. The Kier molecular flexibility index (Phi) is 3.65. The van der Waals surface area contributed by atoms with Crippen molar-refractivity contribution in [3.63, 3.8) is 0 Å². The lowest BCUT2D eigenvalue weighted by atomic mass is 10.3. The summed E-state index contributed by atoms with van der Waals surface area (Å²) in [5.41, 5.74) is 4.98. The fourth-order valence-corrected chi connectivity index (χ4v) is 0.276. The number of rotatable bonds is 2. The van der Waals surface area contributed by atoms with Gasteiger partial charge in [0.15, 0.2) is 0 Å². The van der Waals surface area contributed by atoms with Gasteiger partial charge in [0.05, 0.1) is 0 Å². The fourth-order valence-electron chi connectivity index (χ4n) is 0.276. The van der Waals surface area contributed by atoms with Crippen molar-refractivity contribution in [3.8, 4) is 0 Å². The van der Waals surface area contributed by atoms with Crippen molar-refractivity contribution in [1.82, 2.24) is 0 Å². The summed E-state index contributed by atoms with van der Waals surface area (Å²) in [6.45, 7) is 1.89. The molecule has 42 valence electrons. The van der Waals surface area contributed by atoms with Gasteiger partial charge in [0.2, 0.25) is 0 Å². The SMILES string of the molecule is C/C=C/CC(N)O. The van der Waals surface area contributed by atoms with Crippen molar-refractivity contribution in [2.75, 3.05) is 0 Å². The molecule has 0 aliphatic carbocycles. The van der Waals surface area contributed by atoms with Crippen molar-refractivity contribution in [2.24, 2.45) is 5.73 Å². The van der Waals surface area contributed by atoms with E-state index < -0.39 is 6.23 Å². The van der Waals surface area contributed by atoms with Crippen molar-refractivity contribution in [3.05, 3.63) is 12.2 Å². The molecule has 0 aromatic carbocycles. The fraction of sp³-hybridized carbons (Fsp3) is 0.600. The summed E-state index contributed by atoms with van der Waals surface area (Å²) in [4.78, 5) is 0. The van der Waals surface area contributed by atoms with Crippen LogP contribution in [0.5, 0.6) is 0 Å². The zero-order valence-corrected chi connectivity index (χ0v) is 4.46. The summed E-state index contributed by atoms with van der Waals surface area (Å²) < 4.78 is 0. The minimum absolute atomic E-state index is 0.552. The van der Waals surface area contributed by atoms with Crippen LogP contribution in [-0.2, 0) is 0 Å². The summed E-state index contributed by atoms with van der Waals surface area (Å²) in [5.74, 6) is 0. The number of hydrogen-bond donors (Lipinski definition) is 2. The van der Waals surface area contributed by atoms with Crippen LogP contribution in [0.1, 0.15) is 13.3 Å². The Hall–Kier alpha value is -0.340. The van der Waals surface area contributed by atoms with Gasteiger partial charge in [-0.3, -0.25) is 0 Å². The van der Waals surface area contributed by atoms with Gasteiger partial charge in [0.25, 0.3) is 0 Å². The Morgan fingerprint density at radius 3 is 2.57 bits per heavy atom. The Morgan fingerprint density at radius 2 is 2.43 bits per heavy atom. The van der Waals surface area contributed by atoms with Crippen LogP contribution in [0, 0.1) is 0 Å². The second-order valence-electron chi connectivity index (χ2n) is 1.37. The predicted octanol–water partition coefficient (Wildman–Crippen LogP) is 0.230. The van der Waals surface area contributed by atoms with Gasteiger partial charge in [0, 0.05) is 6.42 Å². The molecular weight excluding hydrogens is 90.1 g/mol. The molecule has 0 spiro atoms. The lowest BCUT2D eigenvalue weighted by molar-refractivity contribution is 0.186. The molecule has 0 radical (unpaired) electrons. The van der Waals surface area contributed by atoms with Crippen LogP contribution in [0.15, 0.2) is 12.2 Å². The highest BCUT2D eigenvalue weighted by molar-refractivity contribution is 4.77. The minimum Gasteiger partial charge on any atom is -0.379 e. The van der Waals surface area contributed by atoms with Gasteiger partial charge in [-0.05, 0) is 6.92 Å². The third-order valence-corrected chi connectivity index (χ3v) is 0.613. The molecule has 0 rings (SSSR count). The van der Waals surface area contributed by atoms with Crippen LogP contribution in [0.25, 0.3) is 0 Å². The van der Waals surface area contributed by atoms with Gasteiger partial charge in [0.1, 0.15) is 6.23 Å². The third kappa shape index (κ3) is 5.66. The maximum atomic E-state index is 8.41. The van der Waals surface area contributed by atoms with Crippen LogP contribution in [-0.4, -0.2) is 11.3 Å². The molecular formula is C5H11NO. The maximum Gasteiger partial charge on any atom is 0.105 e. The molecule has 2 heteroatoms. The average molecular weight is 101 g/mol. The molecule has 0 saturated carbocycles. The third-order valence-electron chi connectivity index (χ3n) is 0.613. The second-order valence-corrected chi connectivity index (χ2v) is 1.37. The van der Waals surface area contributed by atoms with E-state index in [1.54, 1.807) is 0 Å². The molecule has 7 heavy (non-hydrogen) atoms. The van der Waals surface area contributed by atoms with Crippen LogP contribution < -0.4 is 5.73 Å². The summed E-state index contributed by atoms with van der Waals surface area (Å²) in [5, 5.41) is 8.41. The second kappa shape index (κ2) is 3.84. The Balaban J connectivity index is 2.97. The molecule has 3 N–H and O–H groups in total. The van der Waals surface area contributed by atoms with Gasteiger partial charge in [-0.1, -0.05) is 12.2 Å². The molecule has 0 heterocycles. The van der Waals surface area contributed by atoms with E-state index in [1.807, 2.05) is 19.1 Å².